The van der Waals surface area contributed by atoms with E-state index in [2.05, 4.69) is 33.1 Å². The van der Waals surface area contributed by atoms with Crippen molar-refractivity contribution >= 4 is 64.2 Å². The number of ether oxygens (including phenoxy) is 3. The van der Waals surface area contributed by atoms with Crippen LogP contribution in [-0.4, -0.2) is 49.4 Å². The predicted octanol–water partition coefficient (Wildman–Crippen LogP) is 4.24. The lowest BCUT2D eigenvalue weighted by atomic mass is 10.2. The molecule has 0 atom stereocenters. The highest BCUT2D eigenvalue weighted by Crippen LogP contribution is 2.45. The molecular formula is C22H23IN2O5S2. The number of rotatable bonds is 10. The monoisotopic (exact) mass is 586 g/mol. The molecule has 0 aliphatic carbocycles. The molecule has 0 spiro atoms. The lowest BCUT2D eigenvalue weighted by Crippen LogP contribution is -2.24. The van der Waals surface area contributed by atoms with Crippen LogP contribution in [0.15, 0.2) is 47.6 Å². The van der Waals surface area contributed by atoms with Crippen LogP contribution in [-0.2, 0) is 14.3 Å². The molecule has 1 aliphatic heterocycles. The number of benzene rings is 2. The summed E-state index contributed by atoms with van der Waals surface area (Å²) in [5.41, 5.74) is 4.49. The van der Waals surface area contributed by atoms with Gasteiger partial charge in [-0.05, 0) is 71.0 Å². The lowest BCUT2D eigenvalue weighted by Gasteiger charge is -2.10. The molecule has 7 nitrogen and oxygen atoms in total. The molecule has 1 fully saturated rings. The maximum absolute atomic E-state index is 12.0. The summed E-state index contributed by atoms with van der Waals surface area (Å²) in [5, 5.41) is 3.96. The van der Waals surface area contributed by atoms with Crippen LogP contribution in [0.1, 0.15) is 22.6 Å². The van der Waals surface area contributed by atoms with Crippen molar-refractivity contribution in [2.75, 3.05) is 31.3 Å². The third kappa shape index (κ3) is 7.89. The fourth-order valence-corrected chi connectivity index (χ4v) is 6.24. The van der Waals surface area contributed by atoms with E-state index in [1.807, 2.05) is 53.9 Å². The standard InChI is InChI=1S/C22H23IN2O5S2/c1-2-28-21(27)14-30-19-8-3-15(11-18(19)23)12-24-25-20(26)13-29-17-6-4-16(5-7-17)22-31-9-10-32-22/h3-8,11-12,22H,2,9-10,13-14H2,1H3,(H,25,26)/b24-12-. The van der Waals surface area contributed by atoms with Gasteiger partial charge in [0, 0.05) is 11.5 Å². The highest BCUT2D eigenvalue weighted by molar-refractivity contribution is 14.1. The number of thioether (sulfide) groups is 2. The Morgan fingerprint density at radius 3 is 2.56 bits per heavy atom. The van der Waals surface area contributed by atoms with Gasteiger partial charge < -0.3 is 14.2 Å². The van der Waals surface area contributed by atoms with E-state index in [0.29, 0.717) is 22.7 Å². The fourth-order valence-electron chi connectivity index (χ4n) is 2.69. The van der Waals surface area contributed by atoms with E-state index in [4.69, 9.17) is 14.2 Å². The molecule has 0 radical (unpaired) electrons. The molecule has 10 heteroatoms. The second-order valence-electron chi connectivity index (χ2n) is 6.51. The van der Waals surface area contributed by atoms with Crippen molar-refractivity contribution in [2.45, 2.75) is 11.5 Å². The van der Waals surface area contributed by atoms with Crippen LogP contribution in [0.3, 0.4) is 0 Å². The van der Waals surface area contributed by atoms with Gasteiger partial charge in [0.25, 0.3) is 5.91 Å². The molecule has 1 aliphatic rings. The van der Waals surface area contributed by atoms with Gasteiger partial charge in [-0.1, -0.05) is 12.1 Å². The summed E-state index contributed by atoms with van der Waals surface area (Å²) in [7, 11) is 0. The lowest BCUT2D eigenvalue weighted by molar-refractivity contribution is -0.145. The SMILES string of the molecule is CCOC(=O)COc1ccc(/C=N\NC(=O)COc2ccc(C3SCCS3)cc2)cc1I. The van der Waals surface area contributed by atoms with Crippen molar-refractivity contribution in [3.05, 3.63) is 57.2 Å². The molecule has 3 rings (SSSR count). The number of hydrogen-bond acceptors (Lipinski definition) is 8. The van der Waals surface area contributed by atoms with Crippen molar-refractivity contribution in [3.8, 4) is 11.5 Å². The molecule has 0 aromatic heterocycles. The summed E-state index contributed by atoms with van der Waals surface area (Å²) in [6.45, 7) is 1.79. The van der Waals surface area contributed by atoms with E-state index in [0.717, 1.165) is 9.13 Å². The first-order chi connectivity index (χ1) is 15.5. The largest absolute Gasteiger partial charge is 0.484 e. The van der Waals surface area contributed by atoms with Crippen molar-refractivity contribution < 1.29 is 23.8 Å². The first-order valence-electron chi connectivity index (χ1n) is 9.91. The number of hydrazone groups is 1. The highest BCUT2D eigenvalue weighted by atomic mass is 127. The summed E-state index contributed by atoms with van der Waals surface area (Å²) in [6.07, 6.45) is 1.53. The third-order valence-electron chi connectivity index (χ3n) is 4.15. The fraction of sp³-hybridized carbons (Fsp3) is 0.318. The zero-order valence-electron chi connectivity index (χ0n) is 17.4. The topological polar surface area (TPSA) is 86.2 Å². The normalized spacial score (nSPS) is 13.8. The van der Waals surface area contributed by atoms with Crippen LogP contribution < -0.4 is 14.9 Å². The van der Waals surface area contributed by atoms with Gasteiger partial charge in [-0.25, -0.2) is 10.2 Å². The van der Waals surface area contributed by atoms with Crippen LogP contribution in [0.25, 0.3) is 0 Å². The van der Waals surface area contributed by atoms with E-state index in [1.165, 1.54) is 23.3 Å². The summed E-state index contributed by atoms with van der Waals surface area (Å²) in [6, 6.07) is 13.2. The van der Waals surface area contributed by atoms with E-state index < -0.39 is 5.97 Å². The molecular weight excluding hydrogens is 563 g/mol. The molecule has 0 bridgehead atoms. The summed E-state index contributed by atoms with van der Waals surface area (Å²) >= 11 is 6.00. The van der Waals surface area contributed by atoms with Crippen LogP contribution in [0, 0.1) is 3.57 Å². The van der Waals surface area contributed by atoms with Crippen molar-refractivity contribution in [3.63, 3.8) is 0 Å². The highest BCUT2D eigenvalue weighted by Gasteiger charge is 2.18. The molecule has 32 heavy (non-hydrogen) atoms. The number of carbonyl (C=O) groups is 2. The summed E-state index contributed by atoms with van der Waals surface area (Å²) in [5.74, 6) is 2.82. The number of halogens is 1. The number of hydrogen-bond donors (Lipinski definition) is 1. The van der Waals surface area contributed by atoms with Crippen LogP contribution >= 0.6 is 46.1 Å². The van der Waals surface area contributed by atoms with Gasteiger partial charge in [-0.3, -0.25) is 4.79 Å². The molecule has 2 aromatic rings. The molecule has 170 valence electrons. The van der Waals surface area contributed by atoms with Crippen molar-refractivity contribution in [2.24, 2.45) is 5.10 Å². The second-order valence-corrected chi connectivity index (χ2v) is 10.4. The first kappa shape index (κ1) is 24.7. The van der Waals surface area contributed by atoms with Crippen LogP contribution in [0.4, 0.5) is 0 Å². The van der Waals surface area contributed by atoms with Crippen LogP contribution in [0.5, 0.6) is 11.5 Å². The molecule has 1 saturated heterocycles. The second kappa shape index (κ2) is 12.9. The van der Waals surface area contributed by atoms with Crippen molar-refractivity contribution in [1.29, 1.82) is 0 Å². The maximum atomic E-state index is 12.0. The molecule has 1 heterocycles. The predicted molar refractivity (Wildman–Crippen MR) is 137 cm³/mol. The van der Waals surface area contributed by atoms with Crippen LogP contribution in [0.2, 0.25) is 0 Å². The average Bonchev–Trinajstić information content (AvgIpc) is 3.33. The molecule has 1 N–H and O–H groups in total. The average molecular weight is 586 g/mol. The van der Waals surface area contributed by atoms with E-state index in [-0.39, 0.29) is 19.1 Å². The van der Waals surface area contributed by atoms with E-state index in [1.54, 1.807) is 19.1 Å². The number of carbonyl (C=O) groups excluding carboxylic acids is 2. The number of amides is 1. The first-order valence-corrected chi connectivity index (χ1v) is 13.1. The Hall–Kier alpha value is -1.92. The van der Waals surface area contributed by atoms with Gasteiger partial charge in [0.15, 0.2) is 13.2 Å². The van der Waals surface area contributed by atoms with Gasteiger partial charge in [0.2, 0.25) is 0 Å². The zero-order chi connectivity index (χ0) is 22.8. The minimum atomic E-state index is -0.415. The Kier molecular flexibility index (Phi) is 10.0. The number of nitrogens with zero attached hydrogens (tertiary/aromatic N) is 1. The molecule has 0 saturated carbocycles. The van der Waals surface area contributed by atoms with Gasteiger partial charge in [-0.2, -0.15) is 5.10 Å². The molecule has 0 unspecified atom stereocenters. The van der Waals surface area contributed by atoms with Crippen molar-refractivity contribution in [1.82, 2.24) is 5.43 Å². The minimum Gasteiger partial charge on any atom is -0.484 e. The third-order valence-corrected chi connectivity index (χ3v) is 8.10. The number of esters is 1. The Bertz CT molecular complexity index is 950. The zero-order valence-corrected chi connectivity index (χ0v) is 21.2. The quantitative estimate of drug-likeness (QED) is 0.193. The van der Waals surface area contributed by atoms with Gasteiger partial charge in [0.05, 0.1) is 21.0 Å². The smallest absolute Gasteiger partial charge is 0.344 e. The Labute approximate surface area is 209 Å². The number of nitrogens with one attached hydrogen (secondary N) is 1. The Balaban J connectivity index is 1.41. The van der Waals surface area contributed by atoms with Gasteiger partial charge in [-0.15, -0.1) is 23.5 Å². The Morgan fingerprint density at radius 1 is 1.12 bits per heavy atom. The van der Waals surface area contributed by atoms with Gasteiger partial charge in [0.1, 0.15) is 11.5 Å². The van der Waals surface area contributed by atoms with Gasteiger partial charge >= 0.3 is 5.97 Å². The minimum absolute atomic E-state index is 0.123. The van der Waals surface area contributed by atoms with E-state index >= 15 is 0 Å². The Morgan fingerprint density at radius 2 is 1.88 bits per heavy atom. The molecule has 1 amide bonds. The molecule has 2 aromatic carbocycles. The summed E-state index contributed by atoms with van der Waals surface area (Å²) < 4.78 is 17.1. The van der Waals surface area contributed by atoms with E-state index in [9.17, 15) is 9.59 Å². The summed E-state index contributed by atoms with van der Waals surface area (Å²) in [4.78, 5) is 23.4. The maximum Gasteiger partial charge on any atom is 0.344 e.